The number of sulfone groups is 1. The Hall–Kier alpha value is -1.96. The number of carbonyl (C=O) groups is 1. The van der Waals surface area contributed by atoms with Crippen molar-refractivity contribution in [1.29, 1.82) is 0 Å². The molecule has 29 heavy (non-hydrogen) atoms. The van der Waals surface area contributed by atoms with Crippen molar-refractivity contribution >= 4 is 27.3 Å². The third-order valence-electron chi connectivity index (χ3n) is 5.13. The molecule has 0 aromatic heterocycles. The van der Waals surface area contributed by atoms with Gasteiger partial charge in [-0.15, -0.1) is 0 Å². The Morgan fingerprint density at radius 2 is 1.72 bits per heavy atom. The molecule has 5 nitrogen and oxygen atoms in total. The highest BCUT2D eigenvalue weighted by Crippen LogP contribution is 2.21. The Bertz CT molecular complexity index is 952. The number of halogens is 2. The first-order valence-electron chi connectivity index (χ1n) is 9.49. The minimum atomic E-state index is -3.49. The standard InChI is InChI=1S/C21H24ClFN2O3S/c1-16-5-7-17(8-6-16)29(27,28)14-9-21(26)25-12-10-24(11-13-25)15-18-19(22)3-2-4-20(18)23/h2-8H,9-15H2,1H3. The smallest absolute Gasteiger partial charge is 0.223 e. The Morgan fingerprint density at radius 3 is 2.34 bits per heavy atom. The van der Waals surface area contributed by atoms with Gasteiger partial charge in [0.25, 0.3) is 0 Å². The molecule has 0 aliphatic carbocycles. The van der Waals surface area contributed by atoms with Crippen LogP contribution in [0, 0.1) is 12.7 Å². The summed E-state index contributed by atoms with van der Waals surface area (Å²) in [5, 5.41) is 0.393. The molecule has 0 bridgehead atoms. The zero-order chi connectivity index (χ0) is 21.0. The van der Waals surface area contributed by atoms with Gasteiger partial charge in [-0.05, 0) is 31.2 Å². The van der Waals surface area contributed by atoms with Crippen LogP contribution in [-0.4, -0.2) is 56.1 Å². The third-order valence-corrected chi connectivity index (χ3v) is 7.22. The molecule has 156 valence electrons. The maximum atomic E-state index is 14.0. The van der Waals surface area contributed by atoms with E-state index in [1.54, 1.807) is 41.3 Å². The molecule has 0 atom stereocenters. The number of benzene rings is 2. The summed E-state index contributed by atoms with van der Waals surface area (Å²) >= 11 is 6.08. The van der Waals surface area contributed by atoms with Gasteiger partial charge in [-0.3, -0.25) is 9.69 Å². The van der Waals surface area contributed by atoms with E-state index in [9.17, 15) is 17.6 Å². The summed E-state index contributed by atoms with van der Waals surface area (Å²) in [5.41, 5.74) is 1.44. The van der Waals surface area contributed by atoms with Crippen LogP contribution in [0.2, 0.25) is 5.02 Å². The molecule has 0 N–H and O–H groups in total. The van der Waals surface area contributed by atoms with Gasteiger partial charge in [-0.1, -0.05) is 35.4 Å². The summed E-state index contributed by atoms with van der Waals surface area (Å²) in [6.45, 7) is 4.40. The summed E-state index contributed by atoms with van der Waals surface area (Å²) in [4.78, 5) is 16.4. The molecule has 0 radical (unpaired) electrons. The number of carbonyl (C=O) groups excluding carboxylic acids is 1. The molecular weight excluding hydrogens is 415 g/mol. The molecule has 0 saturated carbocycles. The van der Waals surface area contributed by atoms with Crippen LogP contribution < -0.4 is 0 Å². The summed E-state index contributed by atoms with van der Waals surface area (Å²) in [7, 11) is -3.49. The van der Waals surface area contributed by atoms with Crippen LogP contribution in [0.3, 0.4) is 0 Å². The number of nitrogens with zero attached hydrogens (tertiary/aromatic N) is 2. The number of rotatable bonds is 6. The van der Waals surface area contributed by atoms with E-state index in [-0.39, 0.29) is 28.8 Å². The fraction of sp³-hybridized carbons (Fsp3) is 0.381. The topological polar surface area (TPSA) is 57.7 Å². The molecule has 0 spiro atoms. The zero-order valence-corrected chi connectivity index (χ0v) is 17.8. The maximum absolute atomic E-state index is 14.0. The van der Waals surface area contributed by atoms with Gasteiger partial charge in [-0.25, -0.2) is 12.8 Å². The fourth-order valence-electron chi connectivity index (χ4n) is 3.31. The lowest BCUT2D eigenvalue weighted by atomic mass is 10.2. The van der Waals surface area contributed by atoms with Crippen molar-refractivity contribution in [3.8, 4) is 0 Å². The van der Waals surface area contributed by atoms with Gasteiger partial charge in [0.1, 0.15) is 5.82 Å². The van der Waals surface area contributed by atoms with Gasteiger partial charge >= 0.3 is 0 Å². The second kappa shape index (κ2) is 9.24. The van der Waals surface area contributed by atoms with E-state index >= 15 is 0 Å². The molecule has 8 heteroatoms. The molecule has 1 aliphatic rings. The minimum absolute atomic E-state index is 0.0463. The molecule has 1 aliphatic heterocycles. The molecule has 2 aromatic carbocycles. The highest BCUT2D eigenvalue weighted by atomic mass is 35.5. The predicted octanol–water partition coefficient (Wildman–Crippen LogP) is 3.30. The van der Waals surface area contributed by atoms with Crippen molar-refractivity contribution < 1.29 is 17.6 Å². The molecule has 3 rings (SSSR count). The number of hydrogen-bond donors (Lipinski definition) is 0. The van der Waals surface area contributed by atoms with Crippen molar-refractivity contribution in [3.05, 3.63) is 64.4 Å². The minimum Gasteiger partial charge on any atom is -0.340 e. The van der Waals surface area contributed by atoms with Crippen LogP contribution in [-0.2, 0) is 21.2 Å². The van der Waals surface area contributed by atoms with Crippen molar-refractivity contribution in [2.24, 2.45) is 0 Å². The van der Waals surface area contributed by atoms with E-state index in [2.05, 4.69) is 0 Å². The van der Waals surface area contributed by atoms with Gasteiger partial charge in [0.05, 0.1) is 10.6 Å². The fourth-order valence-corrected chi connectivity index (χ4v) is 4.76. The van der Waals surface area contributed by atoms with Gasteiger partial charge < -0.3 is 4.90 Å². The lowest BCUT2D eigenvalue weighted by Gasteiger charge is -2.35. The highest BCUT2D eigenvalue weighted by molar-refractivity contribution is 7.91. The summed E-state index contributed by atoms with van der Waals surface area (Å²) < 4.78 is 38.8. The average Bonchev–Trinajstić information content (AvgIpc) is 2.70. The van der Waals surface area contributed by atoms with E-state index in [4.69, 9.17) is 11.6 Å². The number of aryl methyl sites for hydroxylation is 1. The van der Waals surface area contributed by atoms with Crippen LogP contribution in [0.4, 0.5) is 4.39 Å². The molecule has 1 amide bonds. The average molecular weight is 439 g/mol. The summed E-state index contributed by atoms with van der Waals surface area (Å²) in [6, 6.07) is 11.3. The monoisotopic (exact) mass is 438 g/mol. The molecule has 0 unspecified atom stereocenters. The Kier molecular flexibility index (Phi) is 6.93. The lowest BCUT2D eigenvalue weighted by molar-refractivity contribution is -0.132. The maximum Gasteiger partial charge on any atom is 0.223 e. The van der Waals surface area contributed by atoms with Crippen molar-refractivity contribution in [2.45, 2.75) is 24.8 Å². The van der Waals surface area contributed by atoms with Crippen LogP contribution in [0.1, 0.15) is 17.5 Å². The lowest BCUT2D eigenvalue weighted by Crippen LogP contribution is -2.48. The molecule has 1 fully saturated rings. The van der Waals surface area contributed by atoms with Crippen LogP contribution in [0.5, 0.6) is 0 Å². The quantitative estimate of drug-likeness (QED) is 0.694. The Labute approximate surface area is 176 Å². The van der Waals surface area contributed by atoms with E-state index < -0.39 is 9.84 Å². The SMILES string of the molecule is Cc1ccc(S(=O)(=O)CCC(=O)N2CCN(Cc3c(F)cccc3Cl)CC2)cc1. The highest BCUT2D eigenvalue weighted by Gasteiger charge is 2.24. The van der Waals surface area contributed by atoms with Crippen molar-refractivity contribution in [2.75, 3.05) is 31.9 Å². The van der Waals surface area contributed by atoms with E-state index in [0.717, 1.165) is 5.56 Å². The summed E-state index contributed by atoms with van der Waals surface area (Å²) in [5.74, 6) is -0.721. The first kappa shape index (κ1) is 21.7. The van der Waals surface area contributed by atoms with Crippen LogP contribution in [0.15, 0.2) is 47.4 Å². The van der Waals surface area contributed by atoms with Gasteiger partial charge in [0.2, 0.25) is 5.91 Å². The number of amides is 1. The molecular formula is C21H24ClFN2O3S. The van der Waals surface area contributed by atoms with Crippen molar-refractivity contribution in [3.63, 3.8) is 0 Å². The third kappa shape index (κ3) is 5.56. The normalized spacial score (nSPS) is 15.5. The number of hydrogen-bond acceptors (Lipinski definition) is 4. The van der Waals surface area contributed by atoms with Crippen molar-refractivity contribution in [1.82, 2.24) is 9.80 Å². The van der Waals surface area contributed by atoms with Gasteiger partial charge in [-0.2, -0.15) is 0 Å². The van der Waals surface area contributed by atoms with Crippen LogP contribution >= 0.6 is 11.6 Å². The molecule has 2 aromatic rings. The van der Waals surface area contributed by atoms with E-state index in [1.165, 1.54) is 6.07 Å². The first-order chi connectivity index (χ1) is 13.8. The Balaban J connectivity index is 1.50. The van der Waals surface area contributed by atoms with Gasteiger partial charge in [0, 0.05) is 49.7 Å². The van der Waals surface area contributed by atoms with E-state index in [0.29, 0.717) is 43.3 Å². The second-order valence-electron chi connectivity index (χ2n) is 7.24. The first-order valence-corrected chi connectivity index (χ1v) is 11.5. The molecule has 1 heterocycles. The second-order valence-corrected chi connectivity index (χ2v) is 9.76. The largest absolute Gasteiger partial charge is 0.340 e. The zero-order valence-electron chi connectivity index (χ0n) is 16.3. The predicted molar refractivity (Wildman–Crippen MR) is 111 cm³/mol. The summed E-state index contributed by atoms with van der Waals surface area (Å²) in [6.07, 6.45) is -0.0463. The Morgan fingerprint density at radius 1 is 1.07 bits per heavy atom. The molecule has 1 saturated heterocycles. The number of piperazine rings is 1. The van der Waals surface area contributed by atoms with Gasteiger partial charge in [0.15, 0.2) is 9.84 Å². The van der Waals surface area contributed by atoms with Crippen LogP contribution in [0.25, 0.3) is 0 Å². The van der Waals surface area contributed by atoms with E-state index in [1.807, 2.05) is 11.8 Å².